The zero-order valence-electron chi connectivity index (χ0n) is 13.2. The summed E-state index contributed by atoms with van der Waals surface area (Å²) in [5.41, 5.74) is 3.60. The van der Waals surface area contributed by atoms with E-state index >= 15 is 0 Å². The van der Waals surface area contributed by atoms with Gasteiger partial charge in [0.25, 0.3) is 0 Å². The molecule has 4 heteroatoms. The first-order valence-corrected chi connectivity index (χ1v) is 7.18. The van der Waals surface area contributed by atoms with Gasteiger partial charge in [-0.1, -0.05) is 24.6 Å². The summed E-state index contributed by atoms with van der Waals surface area (Å²) in [5.74, 6) is -0.189. The lowest BCUT2D eigenvalue weighted by atomic mass is 10.1. The van der Waals surface area contributed by atoms with Crippen molar-refractivity contribution in [2.45, 2.75) is 33.7 Å². The first-order chi connectivity index (χ1) is 9.49. The quantitative estimate of drug-likeness (QED) is 0.777. The summed E-state index contributed by atoms with van der Waals surface area (Å²) in [6.07, 6.45) is 0. The van der Waals surface area contributed by atoms with Crippen LogP contribution in [0.4, 0.5) is 5.69 Å². The fourth-order valence-electron chi connectivity index (χ4n) is 2.32. The van der Waals surface area contributed by atoms with Crippen LogP contribution in [0, 0.1) is 13.8 Å². The lowest BCUT2D eigenvalue weighted by Crippen LogP contribution is -2.46. The van der Waals surface area contributed by atoms with Crippen LogP contribution in [0.2, 0.25) is 0 Å². The monoisotopic (exact) mass is 278 g/mol. The van der Waals surface area contributed by atoms with Gasteiger partial charge in [-0.2, -0.15) is 0 Å². The second-order valence-electron chi connectivity index (χ2n) is 5.03. The molecule has 1 aromatic carbocycles. The van der Waals surface area contributed by atoms with E-state index in [-0.39, 0.29) is 12.0 Å². The molecule has 0 radical (unpaired) electrons. The first kappa shape index (κ1) is 16.5. The lowest BCUT2D eigenvalue weighted by molar-refractivity contribution is -0.145. The van der Waals surface area contributed by atoms with E-state index in [0.717, 1.165) is 12.2 Å². The van der Waals surface area contributed by atoms with Gasteiger partial charge in [0.15, 0.2) is 0 Å². The molecule has 0 aromatic heterocycles. The third-order valence-corrected chi connectivity index (χ3v) is 3.24. The highest BCUT2D eigenvalue weighted by Gasteiger charge is 2.21. The van der Waals surface area contributed by atoms with Crippen molar-refractivity contribution in [1.82, 2.24) is 5.32 Å². The molecule has 0 saturated heterocycles. The molecule has 0 amide bonds. The molecule has 0 heterocycles. The van der Waals surface area contributed by atoms with E-state index in [2.05, 4.69) is 42.3 Å². The molecule has 1 N–H and O–H groups in total. The Bertz CT molecular complexity index is 446. The van der Waals surface area contributed by atoms with Crippen LogP contribution in [0.15, 0.2) is 18.2 Å². The number of aryl methyl sites for hydroxylation is 2. The highest BCUT2D eigenvalue weighted by atomic mass is 16.5. The molecule has 1 unspecified atom stereocenters. The molecule has 4 nitrogen and oxygen atoms in total. The minimum Gasteiger partial charge on any atom is -0.465 e. The Balaban J connectivity index is 2.79. The fourth-order valence-corrected chi connectivity index (χ4v) is 2.32. The molecule has 0 fully saturated rings. The summed E-state index contributed by atoms with van der Waals surface area (Å²) in [6, 6.07) is 6.04. The fraction of sp³-hybridized carbons (Fsp3) is 0.562. The van der Waals surface area contributed by atoms with Crippen molar-refractivity contribution in [3.8, 4) is 0 Å². The number of carbonyl (C=O) groups is 1. The van der Waals surface area contributed by atoms with E-state index in [4.69, 9.17) is 4.74 Å². The maximum Gasteiger partial charge on any atom is 0.324 e. The Morgan fingerprint density at radius 2 is 2.05 bits per heavy atom. The van der Waals surface area contributed by atoms with E-state index in [9.17, 15) is 4.79 Å². The Hall–Kier alpha value is -1.55. The predicted octanol–water partition coefficient (Wildman–Crippen LogP) is 2.28. The van der Waals surface area contributed by atoms with Gasteiger partial charge in [0, 0.05) is 19.3 Å². The van der Waals surface area contributed by atoms with Gasteiger partial charge >= 0.3 is 5.97 Å². The number of esters is 1. The molecule has 0 bridgehead atoms. The average Bonchev–Trinajstić information content (AvgIpc) is 2.38. The second-order valence-corrected chi connectivity index (χ2v) is 5.03. The highest BCUT2D eigenvalue weighted by molar-refractivity contribution is 5.76. The zero-order chi connectivity index (χ0) is 15.1. The molecular weight excluding hydrogens is 252 g/mol. The summed E-state index contributed by atoms with van der Waals surface area (Å²) in [5, 5.41) is 3.18. The van der Waals surface area contributed by atoms with Gasteiger partial charge in [-0.05, 0) is 38.9 Å². The molecular formula is C16H26N2O2. The Labute approximate surface area is 122 Å². The molecule has 0 aliphatic heterocycles. The van der Waals surface area contributed by atoms with Crippen molar-refractivity contribution in [3.63, 3.8) is 0 Å². The van der Waals surface area contributed by atoms with Gasteiger partial charge in [0.2, 0.25) is 0 Å². The Kier molecular flexibility index (Phi) is 6.52. The first-order valence-electron chi connectivity index (χ1n) is 7.18. The van der Waals surface area contributed by atoms with Crippen LogP contribution in [0.5, 0.6) is 0 Å². The van der Waals surface area contributed by atoms with Crippen LogP contribution in [-0.4, -0.2) is 38.8 Å². The van der Waals surface area contributed by atoms with Crippen molar-refractivity contribution < 1.29 is 9.53 Å². The molecule has 1 atom stereocenters. The molecule has 112 valence electrons. The number of carbonyl (C=O) groups excluding carboxylic acids is 1. The largest absolute Gasteiger partial charge is 0.465 e. The molecule has 1 rings (SSSR count). The van der Waals surface area contributed by atoms with Crippen LogP contribution in [0.1, 0.15) is 25.0 Å². The number of anilines is 1. The van der Waals surface area contributed by atoms with Crippen molar-refractivity contribution in [2.24, 2.45) is 0 Å². The third-order valence-electron chi connectivity index (χ3n) is 3.24. The molecule has 0 aliphatic rings. The van der Waals surface area contributed by atoms with Gasteiger partial charge in [-0.25, -0.2) is 0 Å². The minimum absolute atomic E-state index is 0.189. The van der Waals surface area contributed by atoms with Gasteiger partial charge < -0.3 is 15.0 Å². The topological polar surface area (TPSA) is 41.6 Å². The van der Waals surface area contributed by atoms with Crippen LogP contribution in [0.25, 0.3) is 0 Å². The normalized spacial score (nSPS) is 12.1. The zero-order valence-corrected chi connectivity index (χ0v) is 13.2. The number of hydrogen-bond donors (Lipinski definition) is 1. The number of benzene rings is 1. The minimum atomic E-state index is -0.300. The van der Waals surface area contributed by atoms with Gasteiger partial charge in [0.1, 0.15) is 6.04 Å². The molecule has 0 spiro atoms. The SMILES string of the molecule is CCNC(CN(C)c1ccc(C)cc1C)C(=O)OCC. The van der Waals surface area contributed by atoms with E-state index in [1.165, 1.54) is 11.1 Å². The van der Waals surface area contributed by atoms with Crippen molar-refractivity contribution in [2.75, 3.05) is 31.6 Å². The van der Waals surface area contributed by atoms with E-state index in [0.29, 0.717) is 13.2 Å². The van der Waals surface area contributed by atoms with E-state index < -0.39 is 0 Å². The lowest BCUT2D eigenvalue weighted by Gasteiger charge is -2.26. The van der Waals surface area contributed by atoms with Crippen molar-refractivity contribution in [3.05, 3.63) is 29.3 Å². The summed E-state index contributed by atoms with van der Waals surface area (Å²) in [6.45, 7) is 9.73. The third kappa shape index (κ3) is 4.53. The average molecular weight is 278 g/mol. The second kappa shape index (κ2) is 7.90. The number of hydrogen-bond acceptors (Lipinski definition) is 4. The Morgan fingerprint density at radius 3 is 2.60 bits per heavy atom. The summed E-state index contributed by atoms with van der Waals surface area (Å²) in [4.78, 5) is 14.0. The summed E-state index contributed by atoms with van der Waals surface area (Å²) in [7, 11) is 2.00. The summed E-state index contributed by atoms with van der Waals surface area (Å²) >= 11 is 0. The van der Waals surface area contributed by atoms with Gasteiger partial charge in [-0.15, -0.1) is 0 Å². The van der Waals surface area contributed by atoms with E-state index in [1.54, 1.807) is 0 Å². The molecule has 0 aliphatic carbocycles. The van der Waals surface area contributed by atoms with Crippen LogP contribution in [-0.2, 0) is 9.53 Å². The standard InChI is InChI=1S/C16H26N2O2/c1-6-17-14(16(19)20-7-2)11-18(5)15-9-8-12(3)10-13(15)4/h8-10,14,17H,6-7,11H2,1-5H3. The number of rotatable bonds is 7. The van der Waals surface area contributed by atoms with Gasteiger partial charge in [-0.3, -0.25) is 4.79 Å². The van der Waals surface area contributed by atoms with Crippen LogP contribution < -0.4 is 10.2 Å². The van der Waals surface area contributed by atoms with Crippen molar-refractivity contribution in [1.29, 1.82) is 0 Å². The molecule has 1 aromatic rings. The number of likely N-dealkylation sites (N-methyl/N-ethyl adjacent to an activating group) is 2. The maximum atomic E-state index is 11.9. The highest BCUT2D eigenvalue weighted by Crippen LogP contribution is 2.20. The number of ether oxygens (including phenoxy) is 1. The van der Waals surface area contributed by atoms with Crippen LogP contribution in [0.3, 0.4) is 0 Å². The molecule has 20 heavy (non-hydrogen) atoms. The van der Waals surface area contributed by atoms with Gasteiger partial charge in [0.05, 0.1) is 6.61 Å². The summed E-state index contributed by atoms with van der Waals surface area (Å²) < 4.78 is 5.11. The predicted molar refractivity (Wildman–Crippen MR) is 83.3 cm³/mol. The maximum absolute atomic E-state index is 11.9. The smallest absolute Gasteiger partial charge is 0.324 e. The molecule has 0 saturated carbocycles. The van der Waals surface area contributed by atoms with Crippen molar-refractivity contribution >= 4 is 11.7 Å². The number of nitrogens with one attached hydrogen (secondary N) is 1. The van der Waals surface area contributed by atoms with Crippen LogP contribution >= 0.6 is 0 Å². The Morgan fingerprint density at radius 1 is 1.35 bits per heavy atom. The number of nitrogens with zero attached hydrogens (tertiary/aromatic N) is 1. The van der Waals surface area contributed by atoms with E-state index in [1.807, 2.05) is 20.9 Å².